The first-order chi connectivity index (χ1) is 14.1. The Morgan fingerprint density at radius 3 is 1.69 bits per heavy atom. The fourth-order valence-electron chi connectivity index (χ4n) is 2.15. The average molecular weight is 425 g/mol. The SMILES string of the molecule is CNC(=O)c1csc(-c2ccncc2)n1.NC(=O)c1csc(-c2ccncc2)n1. The van der Waals surface area contributed by atoms with Crippen molar-refractivity contribution in [2.75, 3.05) is 7.05 Å². The predicted molar refractivity (Wildman–Crippen MR) is 113 cm³/mol. The summed E-state index contributed by atoms with van der Waals surface area (Å²) in [6.45, 7) is 0. The minimum atomic E-state index is -0.499. The zero-order valence-corrected chi connectivity index (χ0v) is 16.9. The van der Waals surface area contributed by atoms with E-state index in [9.17, 15) is 9.59 Å². The number of hydrogen-bond acceptors (Lipinski definition) is 8. The Labute approximate surface area is 174 Å². The number of pyridine rings is 2. The molecule has 0 unspecified atom stereocenters. The number of nitrogens with zero attached hydrogens (tertiary/aromatic N) is 4. The molecule has 10 heteroatoms. The van der Waals surface area contributed by atoms with E-state index in [0.29, 0.717) is 11.4 Å². The van der Waals surface area contributed by atoms with Crippen molar-refractivity contribution in [3.8, 4) is 21.1 Å². The van der Waals surface area contributed by atoms with Crippen LogP contribution in [-0.4, -0.2) is 38.8 Å². The predicted octanol–water partition coefficient (Wildman–Crippen LogP) is 2.87. The summed E-state index contributed by atoms with van der Waals surface area (Å²) in [5, 5.41) is 7.54. The van der Waals surface area contributed by atoms with Crippen LogP contribution in [0.25, 0.3) is 21.1 Å². The number of carbonyl (C=O) groups excluding carboxylic acids is 2. The second-order valence-corrected chi connectivity index (χ2v) is 7.21. The standard InChI is InChI=1S/C10H9N3OS.C9H7N3OS/c1-11-9(14)8-6-15-10(13-8)7-2-4-12-5-3-7;10-8(13)7-5-14-9(12-7)6-1-3-11-4-2-6/h2-6H,1H3,(H,11,14);1-5H,(H2,10,13). The highest BCUT2D eigenvalue weighted by Crippen LogP contribution is 2.23. The molecule has 0 spiro atoms. The Balaban J connectivity index is 0.000000166. The van der Waals surface area contributed by atoms with Gasteiger partial charge in [-0.15, -0.1) is 22.7 Å². The number of amides is 2. The lowest BCUT2D eigenvalue weighted by atomic mass is 10.3. The lowest BCUT2D eigenvalue weighted by molar-refractivity contribution is 0.0957. The van der Waals surface area contributed by atoms with Crippen LogP contribution in [0.2, 0.25) is 0 Å². The molecule has 4 aromatic rings. The second kappa shape index (κ2) is 9.62. The van der Waals surface area contributed by atoms with Gasteiger partial charge in [-0.2, -0.15) is 0 Å². The molecule has 3 N–H and O–H groups in total. The van der Waals surface area contributed by atoms with Crippen molar-refractivity contribution in [3.05, 3.63) is 71.2 Å². The van der Waals surface area contributed by atoms with Crippen molar-refractivity contribution in [1.82, 2.24) is 25.3 Å². The van der Waals surface area contributed by atoms with Crippen molar-refractivity contribution in [2.45, 2.75) is 0 Å². The highest BCUT2D eigenvalue weighted by Gasteiger charge is 2.09. The molecule has 0 radical (unpaired) electrons. The number of hydrogen-bond donors (Lipinski definition) is 2. The lowest BCUT2D eigenvalue weighted by Crippen LogP contribution is -2.17. The fourth-order valence-corrected chi connectivity index (χ4v) is 3.77. The van der Waals surface area contributed by atoms with E-state index in [0.717, 1.165) is 21.1 Å². The highest BCUT2D eigenvalue weighted by molar-refractivity contribution is 7.13. The van der Waals surface area contributed by atoms with Gasteiger partial charge in [0, 0.05) is 53.7 Å². The quantitative estimate of drug-likeness (QED) is 0.519. The zero-order valence-electron chi connectivity index (χ0n) is 15.3. The summed E-state index contributed by atoms with van der Waals surface area (Å²) in [4.78, 5) is 38.2. The molecule has 0 aliphatic carbocycles. The molecule has 0 aromatic carbocycles. The molecule has 0 fully saturated rings. The Hall–Kier alpha value is -3.50. The zero-order chi connectivity index (χ0) is 20.6. The van der Waals surface area contributed by atoms with Gasteiger partial charge in [0.25, 0.3) is 11.8 Å². The number of nitrogens with one attached hydrogen (secondary N) is 1. The van der Waals surface area contributed by atoms with Gasteiger partial charge >= 0.3 is 0 Å². The van der Waals surface area contributed by atoms with E-state index in [-0.39, 0.29) is 5.91 Å². The smallest absolute Gasteiger partial charge is 0.270 e. The maximum atomic E-state index is 11.3. The first-order valence-electron chi connectivity index (χ1n) is 8.32. The third-order valence-electron chi connectivity index (χ3n) is 3.58. The Morgan fingerprint density at radius 2 is 1.28 bits per heavy atom. The molecule has 4 rings (SSSR count). The largest absolute Gasteiger partial charge is 0.364 e. The molecule has 0 saturated carbocycles. The Morgan fingerprint density at radius 1 is 0.828 bits per heavy atom. The van der Waals surface area contributed by atoms with Crippen LogP contribution in [-0.2, 0) is 0 Å². The maximum Gasteiger partial charge on any atom is 0.270 e. The van der Waals surface area contributed by atoms with Crippen molar-refractivity contribution < 1.29 is 9.59 Å². The van der Waals surface area contributed by atoms with Crippen LogP contribution in [0.1, 0.15) is 21.0 Å². The fraction of sp³-hybridized carbons (Fsp3) is 0.0526. The van der Waals surface area contributed by atoms with Crippen LogP contribution in [0, 0.1) is 0 Å². The summed E-state index contributed by atoms with van der Waals surface area (Å²) in [5.74, 6) is -0.659. The molecule has 2 amide bonds. The number of aromatic nitrogens is 4. The van der Waals surface area contributed by atoms with Gasteiger partial charge < -0.3 is 11.1 Å². The molecule has 8 nitrogen and oxygen atoms in total. The van der Waals surface area contributed by atoms with Gasteiger partial charge in [-0.1, -0.05) is 0 Å². The molecule has 0 atom stereocenters. The van der Waals surface area contributed by atoms with Crippen LogP contribution >= 0.6 is 22.7 Å². The van der Waals surface area contributed by atoms with Crippen LogP contribution in [0.5, 0.6) is 0 Å². The van der Waals surface area contributed by atoms with Crippen molar-refractivity contribution in [2.24, 2.45) is 5.73 Å². The monoisotopic (exact) mass is 424 g/mol. The molecule has 0 saturated heterocycles. The Kier molecular flexibility index (Phi) is 6.72. The van der Waals surface area contributed by atoms with Crippen molar-refractivity contribution in [1.29, 1.82) is 0 Å². The molecule has 0 aliphatic heterocycles. The summed E-state index contributed by atoms with van der Waals surface area (Å²) in [7, 11) is 1.59. The normalized spacial score (nSPS) is 9.97. The maximum absolute atomic E-state index is 11.3. The highest BCUT2D eigenvalue weighted by atomic mass is 32.1. The molecule has 0 bridgehead atoms. The van der Waals surface area contributed by atoms with E-state index in [2.05, 4.69) is 25.3 Å². The van der Waals surface area contributed by atoms with Crippen molar-refractivity contribution >= 4 is 34.5 Å². The summed E-state index contributed by atoms with van der Waals surface area (Å²) in [6, 6.07) is 7.41. The van der Waals surface area contributed by atoms with Crippen LogP contribution in [0.3, 0.4) is 0 Å². The van der Waals surface area contributed by atoms with Gasteiger partial charge in [-0.25, -0.2) is 9.97 Å². The average Bonchev–Trinajstić information content (AvgIpc) is 3.45. The van der Waals surface area contributed by atoms with Gasteiger partial charge in [0.05, 0.1) is 0 Å². The number of primary amides is 1. The molecular weight excluding hydrogens is 408 g/mol. The van der Waals surface area contributed by atoms with Gasteiger partial charge in [-0.3, -0.25) is 19.6 Å². The molecule has 4 aromatic heterocycles. The lowest BCUT2D eigenvalue weighted by Gasteiger charge is -1.94. The van der Waals surface area contributed by atoms with Crippen LogP contribution in [0.4, 0.5) is 0 Å². The minimum absolute atomic E-state index is 0.161. The second-order valence-electron chi connectivity index (χ2n) is 5.49. The number of rotatable bonds is 4. The molecule has 4 heterocycles. The van der Waals surface area contributed by atoms with Crippen molar-refractivity contribution in [3.63, 3.8) is 0 Å². The summed E-state index contributed by atoms with van der Waals surface area (Å²) < 4.78 is 0. The molecular formula is C19H16N6O2S2. The van der Waals surface area contributed by atoms with Gasteiger partial charge in [0.2, 0.25) is 0 Å². The topological polar surface area (TPSA) is 124 Å². The number of thiazole rings is 2. The third-order valence-corrected chi connectivity index (χ3v) is 5.36. The number of nitrogens with two attached hydrogens (primary N) is 1. The van der Waals surface area contributed by atoms with E-state index in [1.807, 2.05) is 24.3 Å². The first-order valence-corrected chi connectivity index (χ1v) is 10.1. The third kappa shape index (κ3) is 5.27. The van der Waals surface area contributed by atoms with E-state index in [1.165, 1.54) is 22.7 Å². The molecule has 0 aliphatic rings. The van der Waals surface area contributed by atoms with Gasteiger partial charge in [-0.05, 0) is 24.3 Å². The summed E-state index contributed by atoms with van der Waals surface area (Å²) >= 11 is 2.84. The Bertz CT molecular complexity index is 1100. The minimum Gasteiger partial charge on any atom is -0.364 e. The van der Waals surface area contributed by atoms with Crippen LogP contribution in [0.15, 0.2) is 59.8 Å². The van der Waals surface area contributed by atoms with E-state index < -0.39 is 5.91 Å². The van der Waals surface area contributed by atoms with Gasteiger partial charge in [0.1, 0.15) is 21.4 Å². The molecule has 146 valence electrons. The summed E-state index contributed by atoms with van der Waals surface area (Å²) in [6.07, 6.45) is 6.77. The van der Waals surface area contributed by atoms with Crippen LogP contribution < -0.4 is 11.1 Å². The molecule has 29 heavy (non-hydrogen) atoms. The summed E-state index contributed by atoms with van der Waals surface area (Å²) in [5.41, 5.74) is 7.78. The van der Waals surface area contributed by atoms with Gasteiger partial charge in [0.15, 0.2) is 0 Å². The number of carbonyl (C=O) groups is 2. The first kappa shape index (κ1) is 20.2. The van der Waals surface area contributed by atoms with E-state index in [4.69, 9.17) is 5.73 Å². The van der Waals surface area contributed by atoms with E-state index in [1.54, 1.807) is 42.6 Å². The van der Waals surface area contributed by atoms with E-state index >= 15 is 0 Å².